The predicted octanol–water partition coefficient (Wildman–Crippen LogP) is 3.21. The molecule has 2 aromatic heterocycles. The Bertz CT molecular complexity index is 1220. The van der Waals surface area contributed by atoms with Crippen molar-refractivity contribution in [2.24, 2.45) is 0 Å². The molecule has 0 atom stereocenters. The molecule has 2 N–H and O–H groups in total. The number of carbonyl (C=O) groups is 1. The van der Waals surface area contributed by atoms with Crippen molar-refractivity contribution in [1.82, 2.24) is 14.9 Å². The molecule has 5 heteroatoms. The number of fused-ring (bicyclic) bond motifs is 4. The van der Waals surface area contributed by atoms with Gasteiger partial charge < -0.3 is 14.9 Å². The van der Waals surface area contributed by atoms with Crippen LogP contribution in [0.1, 0.15) is 21.6 Å². The normalized spacial score (nSPS) is 13.9. The van der Waals surface area contributed by atoms with Crippen molar-refractivity contribution in [1.29, 1.82) is 0 Å². The Morgan fingerprint density at radius 3 is 2.54 bits per heavy atom. The first kappa shape index (κ1) is 15.0. The van der Waals surface area contributed by atoms with Gasteiger partial charge in [0.2, 0.25) is 5.43 Å². The van der Waals surface area contributed by atoms with Crippen LogP contribution in [0.15, 0.2) is 59.5 Å². The fourth-order valence-electron chi connectivity index (χ4n) is 3.84. The molecule has 0 radical (unpaired) electrons. The van der Waals surface area contributed by atoms with Crippen molar-refractivity contribution in [3.63, 3.8) is 0 Å². The number of nitrogens with one attached hydrogen (secondary N) is 2. The van der Waals surface area contributed by atoms with Crippen LogP contribution in [0.4, 0.5) is 0 Å². The Morgan fingerprint density at radius 2 is 1.69 bits per heavy atom. The molecule has 1 aliphatic heterocycles. The van der Waals surface area contributed by atoms with E-state index in [1.54, 1.807) is 11.0 Å². The van der Waals surface area contributed by atoms with Gasteiger partial charge in [0.05, 0.1) is 0 Å². The molecule has 0 fully saturated rings. The predicted molar refractivity (Wildman–Crippen MR) is 101 cm³/mol. The van der Waals surface area contributed by atoms with Crippen molar-refractivity contribution in [2.45, 2.75) is 13.0 Å². The average Bonchev–Trinajstić information content (AvgIpc) is 3.06. The van der Waals surface area contributed by atoms with Crippen molar-refractivity contribution in [2.75, 3.05) is 6.54 Å². The zero-order valence-corrected chi connectivity index (χ0v) is 14.1. The number of aromatic amines is 2. The minimum atomic E-state index is -0.215. The van der Waals surface area contributed by atoms with Crippen LogP contribution < -0.4 is 5.43 Å². The van der Waals surface area contributed by atoms with Gasteiger partial charge in [-0.15, -0.1) is 0 Å². The molecule has 0 saturated carbocycles. The first-order chi connectivity index (χ1) is 12.7. The number of pyridine rings is 1. The van der Waals surface area contributed by atoms with Crippen LogP contribution in [-0.4, -0.2) is 27.3 Å². The maximum absolute atomic E-state index is 13.0. The summed E-state index contributed by atoms with van der Waals surface area (Å²) in [5, 5.41) is 1.69. The maximum atomic E-state index is 13.0. The lowest BCUT2D eigenvalue weighted by Gasteiger charge is -2.27. The Kier molecular flexibility index (Phi) is 3.22. The van der Waals surface area contributed by atoms with Crippen LogP contribution >= 0.6 is 0 Å². The highest BCUT2D eigenvalue weighted by molar-refractivity contribution is 5.97. The Balaban J connectivity index is 1.54. The van der Waals surface area contributed by atoms with E-state index in [1.165, 1.54) is 11.9 Å². The highest BCUT2D eigenvalue weighted by Gasteiger charge is 2.26. The number of aromatic nitrogens is 2. The van der Waals surface area contributed by atoms with E-state index >= 15 is 0 Å². The summed E-state index contributed by atoms with van der Waals surface area (Å²) in [5.74, 6) is -0.215. The zero-order valence-electron chi connectivity index (χ0n) is 14.1. The molecule has 4 aromatic rings. The van der Waals surface area contributed by atoms with Gasteiger partial charge in [0.15, 0.2) is 0 Å². The van der Waals surface area contributed by atoms with Crippen molar-refractivity contribution >= 4 is 27.7 Å². The molecule has 5 rings (SSSR count). The Morgan fingerprint density at radius 1 is 0.962 bits per heavy atom. The Labute approximate surface area is 149 Å². The molecule has 26 heavy (non-hydrogen) atoms. The number of para-hydroxylation sites is 2. The summed E-state index contributed by atoms with van der Waals surface area (Å²) >= 11 is 0. The number of rotatable bonds is 1. The van der Waals surface area contributed by atoms with Crippen molar-refractivity contribution in [3.05, 3.63) is 81.8 Å². The molecule has 0 bridgehead atoms. The average molecular weight is 343 g/mol. The number of benzene rings is 2. The molecule has 0 spiro atoms. The first-order valence-corrected chi connectivity index (χ1v) is 8.70. The summed E-state index contributed by atoms with van der Waals surface area (Å²) in [6.07, 6.45) is 2.30. The fraction of sp³-hybridized carbons (Fsp3) is 0.143. The molecule has 5 nitrogen and oxygen atoms in total. The zero-order chi connectivity index (χ0) is 17.7. The number of carbonyl (C=O) groups excluding carboxylic acids is 1. The number of amides is 1. The van der Waals surface area contributed by atoms with Crippen LogP contribution in [0.25, 0.3) is 21.8 Å². The minimum Gasteiger partial charge on any atom is -0.360 e. The highest BCUT2D eigenvalue weighted by atomic mass is 16.2. The van der Waals surface area contributed by atoms with Gasteiger partial charge in [0.1, 0.15) is 5.56 Å². The van der Waals surface area contributed by atoms with Gasteiger partial charge in [-0.05, 0) is 18.2 Å². The molecule has 2 aromatic carbocycles. The minimum absolute atomic E-state index is 0.201. The largest absolute Gasteiger partial charge is 0.360 e. The lowest BCUT2D eigenvalue weighted by Crippen LogP contribution is -2.38. The standard InChI is InChI=1S/C21H17N3O2/c25-20-14-6-2-3-7-17(14)22-11-15(20)21(26)24-10-9-19-16(12-24)13-5-1-4-8-18(13)23-19/h1-8,11,23H,9-10,12H2,(H,22,25). The lowest BCUT2D eigenvalue weighted by molar-refractivity contribution is 0.0733. The van der Waals surface area contributed by atoms with Crippen LogP contribution in [0.3, 0.4) is 0 Å². The van der Waals surface area contributed by atoms with Crippen LogP contribution in [-0.2, 0) is 13.0 Å². The molecular weight excluding hydrogens is 326 g/mol. The molecule has 0 unspecified atom stereocenters. The second kappa shape index (κ2) is 5.59. The van der Waals surface area contributed by atoms with E-state index in [-0.39, 0.29) is 16.9 Å². The third kappa shape index (κ3) is 2.17. The summed E-state index contributed by atoms with van der Waals surface area (Å²) in [7, 11) is 0. The van der Waals surface area contributed by atoms with Gasteiger partial charge >= 0.3 is 0 Å². The SMILES string of the molecule is O=C(c1c[nH]c2ccccc2c1=O)N1CCc2[nH]c3ccccc3c2C1. The van der Waals surface area contributed by atoms with Gasteiger partial charge in [0, 0.05) is 58.8 Å². The van der Waals surface area contributed by atoms with E-state index in [1.807, 2.05) is 36.4 Å². The van der Waals surface area contributed by atoms with E-state index in [9.17, 15) is 9.59 Å². The van der Waals surface area contributed by atoms with Gasteiger partial charge in [-0.25, -0.2) is 0 Å². The highest BCUT2D eigenvalue weighted by Crippen LogP contribution is 2.28. The van der Waals surface area contributed by atoms with Crippen molar-refractivity contribution < 1.29 is 4.79 Å². The first-order valence-electron chi connectivity index (χ1n) is 8.70. The molecule has 0 aliphatic carbocycles. The van der Waals surface area contributed by atoms with E-state index < -0.39 is 0 Å². The van der Waals surface area contributed by atoms with Gasteiger partial charge in [0.25, 0.3) is 5.91 Å². The molecule has 1 amide bonds. The number of hydrogen-bond acceptors (Lipinski definition) is 2. The third-order valence-corrected chi connectivity index (χ3v) is 5.19. The van der Waals surface area contributed by atoms with Gasteiger partial charge in [-0.1, -0.05) is 30.3 Å². The third-order valence-electron chi connectivity index (χ3n) is 5.19. The summed E-state index contributed by atoms with van der Waals surface area (Å²) in [5.41, 5.74) is 4.16. The molecule has 3 heterocycles. The Hall–Kier alpha value is -3.34. The smallest absolute Gasteiger partial charge is 0.259 e. The second-order valence-corrected chi connectivity index (χ2v) is 6.68. The lowest BCUT2D eigenvalue weighted by atomic mass is 10.0. The molecular formula is C21H17N3O2. The fourth-order valence-corrected chi connectivity index (χ4v) is 3.84. The molecule has 128 valence electrons. The van der Waals surface area contributed by atoms with Gasteiger partial charge in [-0.2, -0.15) is 0 Å². The summed E-state index contributed by atoms with van der Waals surface area (Å²) < 4.78 is 0. The van der Waals surface area contributed by atoms with Gasteiger partial charge in [-0.3, -0.25) is 9.59 Å². The monoisotopic (exact) mass is 343 g/mol. The number of nitrogens with zero attached hydrogens (tertiary/aromatic N) is 1. The summed E-state index contributed by atoms with van der Waals surface area (Å²) in [6, 6.07) is 15.4. The topological polar surface area (TPSA) is 69.0 Å². The number of H-pyrrole nitrogens is 2. The van der Waals surface area contributed by atoms with E-state index in [2.05, 4.69) is 16.0 Å². The summed E-state index contributed by atoms with van der Waals surface area (Å²) in [4.78, 5) is 34.1. The van der Waals surface area contributed by atoms with Crippen molar-refractivity contribution in [3.8, 4) is 0 Å². The van der Waals surface area contributed by atoms with Crippen LogP contribution in [0, 0.1) is 0 Å². The maximum Gasteiger partial charge on any atom is 0.259 e. The summed E-state index contributed by atoms with van der Waals surface area (Å²) in [6.45, 7) is 1.12. The molecule has 0 saturated heterocycles. The van der Waals surface area contributed by atoms with Crippen LogP contribution in [0.5, 0.6) is 0 Å². The second-order valence-electron chi connectivity index (χ2n) is 6.68. The molecule has 1 aliphatic rings. The van der Waals surface area contributed by atoms with E-state index in [4.69, 9.17) is 0 Å². The van der Waals surface area contributed by atoms with E-state index in [0.29, 0.717) is 18.5 Å². The quantitative estimate of drug-likeness (QED) is 0.557. The van der Waals surface area contributed by atoms with Crippen LogP contribution in [0.2, 0.25) is 0 Å². The number of hydrogen-bond donors (Lipinski definition) is 2. The van der Waals surface area contributed by atoms with E-state index in [0.717, 1.165) is 28.4 Å².